The van der Waals surface area contributed by atoms with E-state index in [0.29, 0.717) is 73.6 Å². The van der Waals surface area contributed by atoms with Crippen molar-refractivity contribution in [2.24, 2.45) is 11.5 Å². The number of pyridine rings is 1. The molecule has 0 saturated carbocycles. The van der Waals surface area contributed by atoms with E-state index in [1.165, 1.54) is 0 Å². The molecule has 314 valence electrons. The Hall–Kier alpha value is -7.61. The highest BCUT2D eigenvalue weighted by Crippen LogP contribution is 2.42. The Bertz CT molecular complexity index is 2950. The van der Waals surface area contributed by atoms with Crippen molar-refractivity contribution in [1.29, 1.82) is 0 Å². The summed E-state index contributed by atoms with van der Waals surface area (Å²) in [6.07, 6.45) is 1.49. The molecule has 0 fully saturated rings. The van der Waals surface area contributed by atoms with Crippen LogP contribution in [0, 0.1) is 0 Å². The van der Waals surface area contributed by atoms with E-state index in [0.717, 1.165) is 33.2 Å². The fourth-order valence-corrected chi connectivity index (χ4v) is 7.72. The predicted octanol–water partition coefficient (Wildman–Crippen LogP) is 8.14. The molecule has 8 rings (SSSR count). The largest absolute Gasteiger partial charge is 0.496 e. The summed E-state index contributed by atoms with van der Waals surface area (Å²) in [4.78, 5) is 23.2. The van der Waals surface area contributed by atoms with Crippen molar-refractivity contribution >= 4 is 33.9 Å². The molecule has 6 N–H and O–H groups in total. The van der Waals surface area contributed by atoms with Crippen LogP contribution < -0.4 is 35.0 Å². The summed E-state index contributed by atoms with van der Waals surface area (Å²) in [5.74, 6) is 1.15. The van der Waals surface area contributed by atoms with Crippen molar-refractivity contribution in [3.63, 3.8) is 0 Å². The number of methoxy groups -OCH3 is 2. The van der Waals surface area contributed by atoms with E-state index in [9.17, 15) is 19.8 Å². The molecule has 0 aliphatic rings. The zero-order valence-electron chi connectivity index (χ0n) is 34.1. The van der Waals surface area contributed by atoms with Crippen LogP contribution >= 0.6 is 0 Å². The zero-order valence-corrected chi connectivity index (χ0v) is 34.1. The number of carbonyl (C=O) groups is 2. The number of furan rings is 2. The van der Waals surface area contributed by atoms with Gasteiger partial charge >= 0.3 is 17.8 Å². The summed E-state index contributed by atoms with van der Waals surface area (Å²) in [5.41, 5.74) is 20.2. The number of para-hydroxylation sites is 3. The van der Waals surface area contributed by atoms with Gasteiger partial charge in [0, 0.05) is 62.8 Å². The molecule has 0 saturated heterocycles. The van der Waals surface area contributed by atoms with Gasteiger partial charge in [-0.3, -0.25) is 9.59 Å². The molecule has 8 aromatic rings. The predicted molar refractivity (Wildman–Crippen MR) is 232 cm³/mol. The van der Waals surface area contributed by atoms with E-state index >= 15 is 0 Å². The summed E-state index contributed by atoms with van der Waals surface area (Å²) in [5, 5.41) is 20.5. The molecular weight excluding hydrogens is 791 g/mol. The van der Waals surface area contributed by atoms with Crippen LogP contribution in [0.4, 0.5) is 0 Å². The molecule has 62 heavy (non-hydrogen) atoms. The normalized spacial score (nSPS) is 11.2. The van der Waals surface area contributed by atoms with Crippen molar-refractivity contribution in [1.82, 2.24) is 0 Å². The molecule has 0 aliphatic heterocycles. The van der Waals surface area contributed by atoms with Crippen LogP contribution in [0.5, 0.6) is 23.0 Å². The second kappa shape index (κ2) is 17.9. The number of aliphatic carboxylic acids is 2. The minimum absolute atomic E-state index is 0.000482. The number of rotatable bonds is 17. The van der Waals surface area contributed by atoms with Gasteiger partial charge < -0.3 is 49.5 Å². The monoisotopic (exact) mass is 834 g/mol. The highest BCUT2D eigenvalue weighted by Gasteiger charge is 2.30. The maximum Gasteiger partial charge on any atom is 0.386 e. The van der Waals surface area contributed by atoms with Crippen LogP contribution in [-0.4, -0.2) is 36.4 Å². The minimum Gasteiger partial charge on any atom is -0.496 e. The molecular formula is C49H44N3O10+. The lowest BCUT2D eigenvalue weighted by molar-refractivity contribution is -0.617. The molecule has 0 spiro atoms. The highest BCUT2D eigenvalue weighted by atomic mass is 16.5. The first-order chi connectivity index (χ1) is 30.2. The Balaban J connectivity index is 1.21. The third kappa shape index (κ3) is 8.26. The molecule has 13 nitrogen and oxygen atoms in total. The van der Waals surface area contributed by atoms with Crippen LogP contribution in [0.1, 0.15) is 33.5 Å². The van der Waals surface area contributed by atoms with Gasteiger partial charge in [0.25, 0.3) is 0 Å². The SMILES string of the molecule is COc1c(CN)cccc1-c1cc(OC)c2oc(-[n+]3ccc(-c4cc5c(COc6ccccc6CC(=O)O)cccc5o4)cc3CN)c(COc3ccccc3CC(=O)O)c2c1. The molecule has 0 unspecified atom stereocenters. The maximum atomic E-state index is 11.8. The van der Waals surface area contributed by atoms with Gasteiger partial charge in [0.1, 0.15) is 47.4 Å². The van der Waals surface area contributed by atoms with Gasteiger partial charge in [-0.05, 0) is 42.0 Å². The number of nitrogens with two attached hydrogens (primary N) is 2. The third-order valence-electron chi connectivity index (χ3n) is 10.7. The van der Waals surface area contributed by atoms with Gasteiger partial charge in [-0.2, -0.15) is 0 Å². The molecule has 0 aliphatic carbocycles. The minimum atomic E-state index is -0.977. The Kier molecular flexibility index (Phi) is 11.9. The molecule has 3 heterocycles. The van der Waals surface area contributed by atoms with Crippen LogP contribution in [0.15, 0.2) is 130 Å². The number of ether oxygens (including phenoxy) is 4. The molecule has 3 aromatic heterocycles. The Morgan fingerprint density at radius 1 is 0.629 bits per heavy atom. The van der Waals surface area contributed by atoms with Crippen molar-refractivity contribution in [2.45, 2.75) is 39.1 Å². The van der Waals surface area contributed by atoms with Crippen molar-refractivity contribution in [3.8, 4) is 51.3 Å². The Morgan fingerprint density at radius 3 is 1.95 bits per heavy atom. The van der Waals surface area contributed by atoms with Crippen LogP contribution in [0.25, 0.3) is 50.3 Å². The number of aromatic nitrogens is 1. The average molecular weight is 835 g/mol. The van der Waals surface area contributed by atoms with Gasteiger partial charge in [-0.1, -0.05) is 66.7 Å². The van der Waals surface area contributed by atoms with E-state index in [2.05, 4.69) is 0 Å². The number of nitrogens with zero attached hydrogens (tertiary/aromatic N) is 1. The topological polar surface area (TPSA) is 194 Å². The van der Waals surface area contributed by atoms with E-state index in [1.54, 1.807) is 56.7 Å². The summed E-state index contributed by atoms with van der Waals surface area (Å²) in [6.45, 7) is 0.598. The Labute approximate surface area is 356 Å². The van der Waals surface area contributed by atoms with Gasteiger partial charge in [0.15, 0.2) is 17.5 Å². The first kappa shape index (κ1) is 41.1. The van der Waals surface area contributed by atoms with Gasteiger partial charge in [0.2, 0.25) is 5.69 Å². The van der Waals surface area contributed by atoms with Gasteiger partial charge in [0.05, 0.1) is 33.6 Å². The van der Waals surface area contributed by atoms with E-state index in [4.69, 9.17) is 39.2 Å². The molecule has 5 aromatic carbocycles. The number of benzene rings is 5. The van der Waals surface area contributed by atoms with Gasteiger partial charge in [-0.15, -0.1) is 4.57 Å². The first-order valence-electron chi connectivity index (χ1n) is 19.8. The first-order valence-corrected chi connectivity index (χ1v) is 19.8. The van der Waals surface area contributed by atoms with E-state index < -0.39 is 11.9 Å². The molecule has 0 bridgehead atoms. The maximum absolute atomic E-state index is 11.8. The van der Waals surface area contributed by atoms with Crippen molar-refractivity contribution in [3.05, 3.63) is 155 Å². The van der Waals surface area contributed by atoms with Crippen LogP contribution in [0.2, 0.25) is 0 Å². The second-order valence-corrected chi connectivity index (χ2v) is 14.5. The summed E-state index contributed by atoms with van der Waals surface area (Å²) < 4.78 is 39.3. The molecule has 0 amide bonds. The lowest BCUT2D eigenvalue weighted by atomic mass is 9.98. The third-order valence-corrected chi connectivity index (χ3v) is 10.7. The second-order valence-electron chi connectivity index (χ2n) is 14.5. The zero-order chi connectivity index (χ0) is 43.3. The standard InChI is InChI=1S/C49H43N3O10/c1-57-44-21-34(36-13-7-11-32(25-50)47(36)58-2)20-38-39(28-60-41-15-6-4-10-30(41)23-46(55)56)49(62-48(38)44)52-18-17-31(19-35(52)26-51)43-24-37-33(12-8-16-42(37)61-43)27-59-40-14-5-3-9-29(40)22-45(53)54/h3-21,24H,22-23,25-28,50-51H2,1-2H3,(H-,53,54,55,56)/p+1. The fourth-order valence-electron chi connectivity index (χ4n) is 7.72. The molecule has 0 radical (unpaired) electrons. The number of fused-ring (bicyclic) bond motifs is 2. The fraction of sp³-hybridized carbons (Fsp3) is 0.163. The van der Waals surface area contributed by atoms with Crippen LogP contribution in [0.3, 0.4) is 0 Å². The van der Waals surface area contributed by atoms with Gasteiger partial charge in [-0.25, -0.2) is 0 Å². The molecule has 0 atom stereocenters. The average Bonchev–Trinajstić information content (AvgIpc) is 3.89. The highest BCUT2D eigenvalue weighted by molar-refractivity contribution is 5.94. The quantitative estimate of drug-likeness (QED) is 0.0645. The van der Waals surface area contributed by atoms with Crippen LogP contribution in [-0.2, 0) is 48.7 Å². The number of hydrogen-bond acceptors (Lipinski definition) is 10. The van der Waals surface area contributed by atoms with Crippen molar-refractivity contribution < 1.29 is 52.2 Å². The smallest absolute Gasteiger partial charge is 0.386 e. The molecule has 13 heteroatoms. The number of carboxylic acid groups (broad SMARTS) is 2. The summed E-state index contributed by atoms with van der Waals surface area (Å²) in [6, 6.07) is 35.3. The van der Waals surface area contributed by atoms with E-state index in [1.807, 2.05) is 83.6 Å². The number of carboxylic acids is 2. The number of hydrogen-bond donors (Lipinski definition) is 4. The van der Waals surface area contributed by atoms with E-state index in [-0.39, 0.29) is 39.1 Å². The van der Waals surface area contributed by atoms with Crippen molar-refractivity contribution in [2.75, 3.05) is 14.2 Å². The summed E-state index contributed by atoms with van der Waals surface area (Å²) >= 11 is 0. The Morgan fingerprint density at radius 2 is 1.29 bits per heavy atom. The summed E-state index contributed by atoms with van der Waals surface area (Å²) in [7, 11) is 3.18. The lowest BCUT2D eigenvalue weighted by Gasteiger charge is -2.14. The lowest BCUT2D eigenvalue weighted by Crippen LogP contribution is -2.37.